The van der Waals surface area contributed by atoms with Crippen molar-refractivity contribution in [1.82, 2.24) is 35.1 Å². The van der Waals surface area contributed by atoms with Gasteiger partial charge in [-0.05, 0) is 64.4 Å². The molecule has 7 rings (SSSR count). The van der Waals surface area contributed by atoms with Gasteiger partial charge in [0, 0.05) is 28.9 Å². The first-order chi connectivity index (χ1) is 17.1. The smallest absolute Gasteiger partial charge is 0.161 e. The van der Waals surface area contributed by atoms with Crippen molar-refractivity contribution >= 4 is 61.8 Å². The Morgan fingerprint density at radius 2 is 1.86 bits per heavy atom. The number of aromatic amines is 2. The summed E-state index contributed by atoms with van der Waals surface area (Å²) in [6.45, 7) is 1.64. The van der Waals surface area contributed by atoms with Crippen molar-refractivity contribution in [3.05, 3.63) is 57.6 Å². The van der Waals surface area contributed by atoms with E-state index in [1.807, 2.05) is 35.7 Å². The summed E-state index contributed by atoms with van der Waals surface area (Å²) in [4.78, 5) is 25.9. The first-order valence-corrected chi connectivity index (χ1v) is 13.0. The summed E-state index contributed by atoms with van der Waals surface area (Å²) in [5, 5.41) is 9.66. The van der Waals surface area contributed by atoms with Crippen LogP contribution in [0.25, 0.3) is 55.5 Å². The van der Waals surface area contributed by atoms with E-state index < -0.39 is 0 Å². The van der Waals surface area contributed by atoms with Gasteiger partial charge in [0.25, 0.3) is 0 Å². The van der Waals surface area contributed by atoms with Crippen LogP contribution in [0.2, 0.25) is 0 Å². The molecule has 0 unspecified atom stereocenters. The van der Waals surface area contributed by atoms with E-state index >= 15 is 0 Å². The number of H-pyrrole nitrogens is 2. The molecule has 0 atom stereocenters. The average Bonchev–Trinajstić information content (AvgIpc) is 3.60. The molecule has 0 spiro atoms. The van der Waals surface area contributed by atoms with Crippen LogP contribution in [-0.4, -0.2) is 54.2 Å². The Morgan fingerprint density at radius 3 is 2.69 bits per heavy atom. The van der Waals surface area contributed by atoms with Gasteiger partial charge < -0.3 is 15.6 Å². The van der Waals surface area contributed by atoms with Crippen LogP contribution in [0.1, 0.15) is 0 Å². The Morgan fingerprint density at radius 1 is 0.971 bits per heavy atom. The van der Waals surface area contributed by atoms with Crippen molar-refractivity contribution in [3.63, 3.8) is 0 Å². The fourth-order valence-corrected chi connectivity index (χ4v) is 5.62. The minimum Gasteiger partial charge on any atom is -0.353 e. The molecule has 1 aliphatic rings. The fraction of sp³-hybridized carbons (Fsp3) is 0.125. The number of fused-ring (bicyclic) bond motifs is 2. The molecule has 1 saturated heterocycles. The Labute approximate surface area is 217 Å². The number of pyridine rings is 3. The number of hydrogen-bond donors (Lipinski definition) is 3. The van der Waals surface area contributed by atoms with Gasteiger partial charge in [0.1, 0.15) is 22.5 Å². The number of nitrogens with two attached hydrogens (primary N) is 1. The fourth-order valence-electron chi connectivity index (χ4n) is 4.32. The van der Waals surface area contributed by atoms with Crippen molar-refractivity contribution in [2.75, 3.05) is 18.0 Å². The van der Waals surface area contributed by atoms with Crippen LogP contribution in [0.15, 0.2) is 54.0 Å². The number of aromatic nitrogens is 7. The number of imidazole rings is 1. The molecule has 4 N–H and O–H groups in total. The van der Waals surface area contributed by atoms with Gasteiger partial charge in [0.15, 0.2) is 11.5 Å². The van der Waals surface area contributed by atoms with Gasteiger partial charge in [0.2, 0.25) is 0 Å². The van der Waals surface area contributed by atoms with Crippen molar-refractivity contribution in [2.24, 2.45) is 5.73 Å². The van der Waals surface area contributed by atoms with Crippen LogP contribution < -0.4 is 10.6 Å². The van der Waals surface area contributed by atoms with E-state index in [4.69, 9.17) is 20.7 Å². The van der Waals surface area contributed by atoms with E-state index in [9.17, 15) is 0 Å². The molecule has 172 valence electrons. The Balaban J connectivity index is 1.33. The van der Waals surface area contributed by atoms with Crippen LogP contribution >= 0.6 is 33.9 Å². The molecule has 11 heteroatoms. The summed E-state index contributed by atoms with van der Waals surface area (Å²) in [6, 6.07) is 14.3. The highest BCUT2D eigenvalue weighted by Gasteiger charge is 2.25. The van der Waals surface area contributed by atoms with Crippen molar-refractivity contribution in [3.8, 4) is 33.5 Å². The number of halogens is 1. The predicted molar refractivity (Wildman–Crippen MR) is 146 cm³/mol. The number of hydrogen-bond acceptors (Lipinski definition) is 8. The number of anilines is 1. The third-order valence-corrected chi connectivity index (χ3v) is 7.56. The SMILES string of the molecule is NC1CN(c2cc(I)cc(-c3ccc4[nH]nc(-c5nc6c(-c7cccs7)nccc6[nH]5)c4n3)n2)C1. The van der Waals surface area contributed by atoms with Gasteiger partial charge in [0.05, 0.1) is 27.3 Å². The summed E-state index contributed by atoms with van der Waals surface area (Å²) in [5.74, 6) is 1.57. The largest absolute Gasteiger partial charge is 0.353 e. The van der Waals surface area contributed by atoms with Crippen LogP contribution in [0.4, 0.5) is 5.82 Å². The summed E-state index contributed by atoms with van der Waals surface area (Å²) in [5.41, 5.74) is 12.4. The second-order valence-corrected chi connectivity index (χ2v) is 10.7. The first-order valence-electron chi connectivity index (χ1n) is 11.0. The van der Waals surface area contributed by atoms with E-state index in [1.165, 1.54) is 0 Å². The molecule has 1 aliphatic heterocycles. The number of rotatable bonds is 4. The lowest BCUT2D eigenvalue weighted by Gasteiger charge is -2.38. The van der Waals surface area contributed by atoms with E-state index in [0.717, 1.165) is 66.5 Å². The van der Waals surface area contributed by atoms with Gasteiger partial charge in [-0.2, -0.15) is 5.10 Å². The zero-order valence-electron chi connectivity index (χ0n) is 18.2. The molecule has 0 saturated carbocycles. The molecule has 0 aromatic carbocycles. The molecule has 0 aliphatic carbocycles. The Hall–Kier alpha value is -3.42. The van der Waals surface area contributed by atoms with E-state index in [-0.39, 0.29) is 6.04 Å². The molecule has 0 bridgehead atoms. The quantitative estimate of drug-likeness (QED) is 0.259. The van der Waals surface area contributed by atoms with Gasteiger partial charge in [-0.25, -0.2) is 15.0 Å². The number of nitrogens with one attached hydrogen (secondary N) is 2. The highest BCUT2D eigenvalue weighted by Crippen LogP contribution is 2.32. The Kier molecular flexibility index (Phi) is 4.82. The molecule has 6 aromatic heterocycles. The zero-order valence-corrected chi connectivity index (χ0v) is 21.2. The maximum atomic E-state index is 5.97. The summed E-state index contributed by atoms with van der Waals surface area (Å²) >= 11 is 3.96. The minimum absolute atomic E-state index is 0.209. The second-order valence-electron chi connectivity index (χ2n) is 8.48. The maximum absolute atomic E-state index is 5.97. The molecule has 9 nitrogen and oxygen atoms in total. The summed E-state index contributed by atoms with van der Waals surface area (Å²) < 4.78 is 1.10. The lowest BCUT2D eigenvalue weighted by Crippen LogP contribution is -2.56. The number of thiophene rings is 1. The molecule has 7 heterocycles. The second kappa shape index (κ2) is 8.07. The van der Waals surface area contributed by atoms with Crippen LogP contribution in [0, 0.1) is 3.57 Å². The van der Waals surface area contributed by atoms with Crippen molar-refractivity contribution in [1.29, 1.82) is 0 Å². The molecule has 1 fully saturated rings. The van der Waals surface area contributed by atoms with Gasteiger partial charge in [-0.15, -0.1) is 11.3 Å². The van der Waals surface area contributed by atoms with Gasteiger partial charge in [-0.1, -0.05) is 6.07 Å². The summed E-state index contributed by atoms with van der Waals surface area (Å²) in [7, 11) is 0. The first kappa shape index (κ1) is 20.9. The molecule has 6 aromatic rings. The molecular weight excluding hydrogens is 573 g/mol. The lowest BCUT2D eigenvalue weighted by molar-refractivity contribution is 0.514. The highest BCUT2D eigenvalue weighted by atomic mass is 127. The van der Waals surface area contributed by atoms with Crippen LogP contribution in [0.3, 0.4) is 0 Å². The predicted octanol–water partition coefficient (Wildman–Crippen LogP) is 4.44. The van der Waals surface area contributed by atoms with E-state index in [2.05, 4.69) is 59.8 Å². The third kappa shape index (κ3) is 3.58. The molecular formula is C24H18IN9S. The van der Waals surface area contributed by atoms with Gasteiger partial charge in [-0.3, -0.25) is 10.1 Å². The Bertz CT molecular complexity index is 1700. The summed E-state index contributed by atoms with van der Waals surface area (Å²) in [6.07, 6.45) is 1.80. The van der Waals surface area contributed by atoms with Crippen LogP contribution in [-0.2, 0) is 0 Å². The van der Waals surface area contributed by atoms with Gasteiger partial charge >= 0.3 is 0 Å². The monoisotopic (exact) mass is 591 g/mol. The molecule has 0 radical (unpaired) electrons. The average molecular weight is 591 g/mol. The topological polar surface area (TPSA) is 125 Å². The highest BCUT2D eigenvalue weighted by molar-refractivity contribution is 14.1. The number of nitrogens with zero attached hydrogens (tertiary/aromatic N) is 6. The van der Waals surface area contributed by atoms with E-state index in [1.54, 1.807) is 17.5 Å². The van der Waals surface area contributed by atoms with Crippen LogP contribution in [0.5, 0.6) is 0 Å². The third-order valence-electron chi connectivity index (χ3n) is 6.06. The normalized spacial score (nSPS) is 14.2. The standard InChI is InChI=1S/C24H18IN9S/c25-12-8-17(28-19(9-12)34-10-13(26)11-34)14-3-4-16-21(29-14)23(33-32-16)24-30-15-5-6-27-22(20(15)31-24)18-2-1-7-35-18/h1-9,13H,10-11,26H2,(H,30,31)(H,32,33). The van der Waals surface area contributed by atoms with E-state index in [0.29, 0.717) is 11.5 Å². The van der Waals surface area contributed by atoms with Crippen molar-refractivity contribution in [2.45, 2.75) is 6.04 Å². The lowest BCUT2D eigenvalue weighted by atomic mass is 10.1. The molecule has 0 amide bonds. The maximum Gasteiger partial charge on any atom is 0.161 e. The zero-order chi connectivity index (χ0) is 23.5. The van der Waals surface area contributed by atoms with Crippen molar-refractivity contribution < 1.29 is 0 Å². The minimum atomic E-state index is 0.209. The molecule has 35 heavy (non-hydrogen) atoms.